The van der Waals surface area contributed by atoms with Gasteiger partial charge in [-0.1, -0.05) is 19.3 Å². The number of rotatable bonds is 3. The zero-order valence-electron chi connectivity index (χ0n) is 12.0. The van der Waals surface area contributed by atoms with Crippen molar-refractivity contribution in [2.45, 2.75) is 50.0 Å². The van der Waals surface area contributed by atoms with Gasteiger partial charge in [0.1, 0.15) is 0 Å². The highest BCUT2D eigenvalue weighted by atomic mass is 32.2. The fraction of sp³-hybridized carbons (Fsp3) is 0.600. The minimum atomic E-state index is -4.42. The maximum atomic E-state index is 12.5. The summed E-state index contributed by atoms with van der Waals surface area (Å²) in [6.07, 6.45) is 1.40. The molecule has 1 unspecified atom stereocenters. The molecule has 122 valence electrons. The Labute approximate surface area is 128 Å². The number of hydrogen-bond acceptors (Lipinski definition) is 2. The van der Waals surface area contributed by atoms with E-state index in [1.807, 2.05) is 0 Å². The van der Waals surface area contributed by atoms with Crippen LogP contribution in [0.4, 0.5) is 18.9 Å². The molecule has 0 radical (unpaired) electrons. The molecule has 1 atom stereocenters. The molecule has 1 N–H and O–H groups in total. The normalized spacial score (nSPS) is 24.2. The molecule has 2 aliphatic rings. The van der Waals surface area contributed by atoms with E-state index < -0.39 is 27.0 Å². The van der Waals surface area contributed by atoms with Crippen LogP contribution in [0, 0.1) is 5.41 Å². The number of alkyl halides is 3. The molecule has 0 aliphatic heterocycles. The first-order chi connectivity index (χ1) is 10.2. The number of nitrogens with one attached hydrogen (secondary N) is 1. The fourth-order valence-electron chi connectivity index (χ4n) is 3.49. The van der Waals surface area contributed by atoms with Gasteiger partial charge in [-0.2, -0.15) is 13.2 Å². The molecular weight excluding hydrogens is 315 g/mol. The van der Waals surface area contributed by atoms with Crippen molar-refractivity contribution in [2.75, 3.05) is 4.72 Å². The van der Waals surface area contributed by atoms with E-state index in [9.17, 15) is 21.6 Å². The van der Waals surface area contributed by atoms with Gasteiger partial charge in [-0.05, 0) is 48.9 Å². The first-order valence-electron chi connectivity index (χ1n) is 7.42. The van der Waals surface area contributed by atoms with E-state index in [0.29, 0.717) is 6.42 Å². The summed E-state index contributed by atoms with van der Waals surface area (Å²) in [5.74, 6) is 0. The molecule has 2 fully saturated rings. The largest absolute Gasteiger partial charge is 0.416 e. The molecule has 2 saturated carbocycles. The summed E-state index contributed by atoms with van der Waals surface area (Å²) in [6.45, 7) is 0. The lowest BCUT2D eigenvalue weighted by Crippen LogP contribution is -2.24. The van der Waals surface area contributed by atoms with Crippen molar-refractivity contribution in [1.82, 2.24) is 0 Å². The van der Waals surface area contributed by atoms with Gasteiger partial charge in [0.2, 0.25) is 10.0 Å². The van der Waals surface area contributed by atoms with Gasteiger partial charge in [-0.15, -0.1) is 0 Å². The lowest BCUT2D eigenvalue weighted by molar-refractivity contribution is -0.137. The molecule has 0 bridgehead atoms. The van der Waals surface area contributed by atoms with E-state index in [-0.39, 0.29) is 11.1 Å². The molecule has 0 amide bonds. The van der Waals surface area contributed by atoms with Crippen molar-refractivity contribution in [2.24, 2.45) is 5.41 Å². The highest BCUT2D eigenvalue weighted by Gasteiger charge is 2.60. The molecular formula is C15H18F3NO2S. The van der Waals surface area contributed by atoms with E-state index in [0.717, 1.165) is 56.4 Å². The number of hydrogen-bond donors (Lipinski definition) is 1. The zero-order chi connectivity index (χ0) is 16.0. The van der Waals surface area contributed by atoms with E-state index in [1.54, 1.807) is 0 Å². The van der Waals surface area contributed by atoms with E-state index >= 15 is 0 Å². The second kappa shape index (κ2) is 5.15. The van der Waals surface area contributed by atoms with Gasteiger partial charge in [0.25, 0.3) is 0 Å². The van der Waals surface area contributed by atoms with Crippen LogP contribution >= 0.6 is 0 Å². The van der Waals surface area contributed by atoms with Gasteiger partial charge in [-0.25, -0.2) is 8.42 Å². The SMILES string of the molecule is O=S(=O)(Nc1ccc(C(F)(F)F)cc1)C1CC12CCCCC2. The van der Waals surface area contributed by atoms with Crippen LogP contribution in [0.15, 0.2) is 24.3 Å². The fourth-order valence-corrected chi connectivity index (χ4v) is 5.55. The van der Waals surface area contributed by atoms with E-state index in [2.05, 4.69) is 4.72 Å². The molecule has 0 aromatic heterocycles. The molecule has 22 heavy (non-hydrogen) atoms. The quantitative estimate of drug-likeness (QED) is 0.902. The standard InChI is InChI=1S/C15H18F3NO2S/c16-15(17,18)11-4-6-12(7-5-11)19-22(20,21)13-10-14(13)8-2-1-3-9-14/h4-7,13,19H,1-3,8-10H2. The van der Waals surface area contributed by atoms with Crippen molar-refractivity contribution in [3.63, 3.8) is 0 Å². The number of sulfonamides is 1. The van der Waals surface area contributed by atoms with Crippen LogP contribution in [0.3, 0.4) is 0 Å². The van der Waals surface area contributed by atoms with E-state index in [1.165, 1.54) is 0 Å². The number of benzene rings is 1. The predicted molar refractivity (Wildman–Crippen MR) is 77.9 cm³/mol. The minimum Gasteiger partial charge on any atom is -0.283 e. The molecule has 3 rings (SSSR count). The second-order valence-corrected chi connectivity index (χ2v) is 8.20. The molecule has 1 spiro atoms. The van der Waals surface area contributed by atoms with Gasteiger partial charge in [0.15, 0.2) is 0 Å². The Morgan fingerprint density at radius 2 is 1.64 bits per heavy atom. The maximum Gasteiger partial charge on any atom is 0.416 e. The van der Waals surface area contributed by atoms with Crippen molar-refractivity contribution in [3.8, 4) is 0 Å². The van der Waals surface area contributed by atoms with Crippen LogP contribution in [-0.2, 0) is 16.2 Å². The van der Waals surface area contributed by atoms with Crippen LogP contribution in [0.2, 0.25) is 0 Å². The first-order valence-corrected chi connectivity index (χ1v) is 8.97. The van der Waals surface area contributed by atoms with Crippen molar-refractivity contribution in [1.29, 1.82) is 0 Å². The predicted octanol–water partition coefficient (Wildman–Crippen LogP) is 4.17. The van der Waals surface area contributed by atoms with Crippen LogP contribution in [0.5, 0.6) is 0 Å². The van der Waals surface area contributed by atoms with Gasteiger partial charge in [0.05, 0.1) is 10.8 Å². The molecule has 1 aromatic rings. The lowest BCUT2D eigenvalue weighted by Gasteiger charge is -2.22. The third kappa shape index (κ3) is 2.95. The van der Waals surface area contributed by atoms with Crippen molar-refractivity contribution in [3.05, 3.63) is 29.8 Å². The Hall–Kier alpha value is -1.24. The average Bonchev–Trinajstić information content (AvgIpc) is 3.13. The Balaban J connectivity index is 1.70. The molecule has 0 heterocycles. The average molecular weight is 333 g/mol. The Morgan fingerprint density at radius 3 is 2.18 bits per heavy atom. The van der Waals surface area contributed by atoms with Gasteiger partial charge in [0, 0.05) is 5.69 Å². The van der Waals surface area contributed by atoms with Crippen molar-refractivity contribution >= 4 is 15.7 Å². The zero-order valence-corrected chi connectivity index (χ0v) is 12.8. The Bertz CT molecular complexity index is 646. The van der Waals surface area contributed by atoms with Crippen LogP contribution in [-0.4, -0.2) is 13.7 Å². The third-order valence-corrected chi connectivity index (χ3v) is 6.75. The Morgan fingerprint density at radius 1 is 1.05 bits per heavy atom. The van der Waals surface area contributed by atoms with Gasteiger partial charge < -0.3 is 0 Å². The third-order valence-electron chi connectivity index (χ3n) is 4.81. The van der Waals surface area contributed by atoms with Crippen LogP contribution in [0.1, 0.15) is 44.1 Å². The maximum absolute atomic E-state index is 12.5. The molecule has 2 aliphatic carbocycles. The molecule has 1 aromatic carbocycles. The highest BCUT2D eigenvalue weighted by Crippen LogP contribution is 2.59. The summed E-state index contributed by atoms with van der Waals surface area (Å²) in [6, 6.07) is 4.11. The topological polar surface area (TPSA) is 46.2 Å². The smallest absolute Gasteiger partial charge is 0.283 e. The Kier molecular flexibility index (Phi) is 3.66. The van der Waals surface area contributed by atoms with Gasteiger partial charge in [-0.3, -0.25) is 4.72 Å². The summed E-state index contributed by atoms with van der Waals surface area (Å²) in [5, 5.41) is -0.400. The number of halogens is 3. The lowest BCUT2D eigenvalue weighted by atomic mass is 9.86. The summed E-state index contributed by atoms with van der Waals surface area (Å²) >= 11 is 0. The monoisotopic (exact) mass is 333 g/mol. The second-order valence-electron chi connectivity index (χ2n) is 6.34. The van der Waals surface area contributed by atoms with Crippen LogP contribution < -0.4 is 4.72 Å². The summed E-state index contributed by atoms with van der Waals surface area (Å²) in [5.41, 5.74) is -0.688. The highest BCUT2D eigenvalue weighted by molar-refractivity contribution is 7.93. The molecule has 3 nitrogen and oxygen atoms in total. The minimum absolute atomic E-state index is 0.0873. The number of anilines is 1. The van der Waals surface area contributed by atoms with E-state index in [4.69, 9.17) is 0 Å². The summed E-state index contributed by atoms with van der Waals surface area (Å²) in [7, 11) is -3.53. The first kappa shape index (κ1) is 15.6. The van der Waals surface area contributed by atoms with Crippen LogP contribution in [0.25, 0.3) is 0 Å². The summed E-state index contributed by atoms with van der Waals surface area (Å²) in [4.78, 5) is 0. The molecule has 0 saturated heterocycles. The summed E-state index contributed by atoms with van der Waals surface area (Å²) < 4.78 is 64.7. The van der Waals surface area contributed by atoms with Gasteiger partial charge >= 0.3 is 6.18 Å². The molecule has 7 heteroatoms. The van der Waals surface area contributed by atoms with Crippen molar-refractivity contribution < 1.29 is 21.6 Å².